The van der Waals surface area contributed by atoms with Crippen molar-refractivity contribution in [1.82, 2.24) is 20.1 Å². The molecule has 0 bridgehead atoms. The Kier molecular flexibility index (Phi) is 4.34. The number of likely N-dealkylation sites (tertiary alicyclic amines) is 1. The molecule has 2 aromatic heterocycles. The highest BCUT2D eigenvalue weighted by Gasteiger charge is 2.28. The van der Waals surface area contributed by atoms with E-state index in [1.165, 1.54) is 18.4 Å². The van der Waals surface area contributed by atoms with Crippen LogP contribution in [-0.4, -0.2) is 26.6 Å². The molecule has 3 heterocycles. The Morgan fingerprint density at radius 1 is 1.04 bits per heavy atom. The summed E-state index contributed by atoms with van der Waals surface area (Å²) in [5.41, 5.74) is 2.18. The van der Waals surface area contributed by atoms with Gasteiger partial charge in [0, 0.05) is 18.9 Å². The summed E-state index contributed by atoms with van der Waals surface area (Å²) in [6, 6.07) is 14.6. The second kappa shape index (κ2) is 6.93. The molecule has 1 aliphatic heterocycles. The smallest absolute Gasteiger partial charge is 0.249 e. The summed E-state index contributed by atoms with van der Waals surface area (Å²) in [4.78, 5) is 6.56. The summed E-state index contributed by atoms with van der Waals surface area (Å²) in [6.07, 6.45) is 6.96. The summed E-state index contributed by atoms with van der Waals surface area (Å²) < 4.78 is 5.97. The van der Waals surface area contributed by atoms with E-state index in [4.69, 9.17) is 4.42 Å². The van der Waals surface area contributed by atoms with Crippen LogP contribution in [0.3, 0.4) is 0 Å². The van der Waals surface area contributed by atoms with Crippen LogP contribution in [0.15, 0.2) is 59.3 Å². The third kappa shape index (κ3) is 3.21. The maximum Gasteiger partial charge on any atom is 0.249 e. The van der Waals surface area contributed by atoms with E-state index in [0.29, 0.717) is 11.8 Å². The number of rotatable bonds is 4. The topological polar surface area (TPSA) is 55.1 Å². The Hall–Kier alpha value is -2.53. The molecule has 24 heavy (non-hydrogen) atoms. The monoisotopic (exact) mass is 320 g/mol. The molecule has 0 unspecified atom stereocenters. The van der Waals surface area contributed by atoms with Gasteiger partial charge in [0.05, 0.1) is 11.6 Å². The summed E-state index contributed by atoms with van der Waals surface area (Å²) in [7, 11) is 0. The van der Waals surface area contributed by atoms with Gasteiger partial charge in [0.1, 0.15) is 0 Å². The molecule has 1 aliphatic rings. The van der Waals surface area contributed by atoms with Crippen molar-refractivity contribution in [2.24, 2.45) is 0 Å². The molecule has 0 spiro atoms. The van der Waals surface area contributed by atoms with Gasteiger partial charge in [0.15, 0.2) is 0 Å². The fourth-order valence-corrected chi connectivity index (χ4v) is 3.25. The number of benzene rings is 1. The highest BCUT2D eigenvalue weighted by atomic mass is 16.4. The van der Waals surface area contributed by atoms with Crippen molar-refractivity contribution in [2.75, 3.05) is 6.54 Å². The van der Waals surface area contributed by atoms with Crippen molar-refractivity contribution in [3.63, 3.8) is 0 Å². The second-order valence-electron chi connectivity index (χ2n) is 6.15. The van der Waals surface area contributed by atoms with Crippen molar-refractivity contribution in [3.05, 3.63) is 66.3 Å². The van der Waals surface area contributed by atoms with E-state index in [1.807, 2.05) is 12.1 Å². The molecule has 122 valence electrons. The number of nitrogens with zero attached hydrogens (tertiary/aromatic N) is 4. The standard InChI is InChI=1S/C19H20N4O/c1-2-7-15(8-3-1)14-23-12-5-4-10-17(23)19-22-21-18(24-19)16-9-6-11-20-13-16/h1-3,6-9,11,13,17H,4-5,10,12,14H2/t17-/m1/s1. The number of hydrogen-bond donors (Lipinski definition) is 0. The van der Waals surface area contributed by atoms with Gasteiger partial charge in [-0.15, -0.1) is 10.2 Å². The Labute approximate surface area is 141 Å². The van der Waals surface area contributed by atoms with E-state index in [0.717, 1.165) is 25.1 Å². The van der Waals surface area contributed by atoms with Crippen LogP contribution in [0.25, 0.3) is 11.5 Å². The van der Waals surface area contributed by atoms with Crippen LogP contribution in [0.2, 0.25) is 0 Å². The first-order valence-electron chi connectivity index (χ1n) is 8.42. The first-order valence-corrected chi connectivity index (χ1v) is 8.42. The van der Waals surface area contributed by atoms with Crippen LogP contribution in [0.4, 0.5) is 0 Å². The van der Waals surface area contributed by atoms with E-state index in [9.17, 15) is 0 Å². The van der Waals surface area contributed by atoms with E-state index in [-0.39, 0.29) is 6.04 Å². The van der Waals surface area contributed by atoms with Gasteiger partial charge in [0.2, 0.25) is 11.8 Å². The average Bonchev–Trinajstić information content (AvgIpc) is 3.14. The largest absolute Gasteiger partial charge is 0.419 e. The molecule has 0 aliphatic carbocycles. The van der Waals surface area contributed by atoms with E-state index < -0.39 is 0 Å². The third-order valence-electron chi connectivity index (χ3n) is 4.48. The molecule has 5 nitrogen and oxygen atoms in total. The molecule has 1 atom stereocenters. The molecular weight excluding hydrogens is 300 g/mol. The predicted molar refractivity (Wildman–Crippen MR) is 91.0 cm³/mol. The van der Waals surface area contributed by atoms with Crippen LogP contribution < -0.4 is 0 Å². The minimum atomic E-state index is 0.192. The highest BCUT2D eigenvalue weighted by Crippen LogP contribution is 2.32. The summed E-state index contributed by atoms with van der Waals surface area (Å²) >= 11 is 0. The Balaban J connectivity index is 1.56. The summed E-state index contributed by atoms with van der Waals surface area (Å²) in [5.74, 6) is 1.26. The quantitative estimate of drug-likeness (QED) is 0.730. The zero-order valence-corrected chi connectivity index (χ0v) is 13.5. The van der Waals surface area contributed by atoms with Gasteiger partial charge in [-0.05, 0) is 37.1 Å². The molecule has 3 aromatic rings. The van der Waals surface area contributed by atoms with E-state index in [1.54, 1.807) is 12.4 Å². The lowest BCUT2D eigenvalue weighted by Crippen LogP contribution is -2.33. The number of pyridine rings is 1. The molecule has 0 saturated carbocycles. The molecule has 0 amide bonds. The van der Waals surface area contributed by atoms with Crippen LogP contribution in [0.5, 0.6) is 0 Å². The molecule has 1 saturated heterocycles. The molecule has 0 radical (unpaired) electrons. The minimum absolute atomic E-state index is 0.192. The lowest BCUT2D eigenvalue weighted by atomic mass is 10.0. The van der Waals surface area contributed by atoms with Crippen LogP contribution in [0, 0.1) is 0 Å². The van der Waals surface area contributed by atoms with Gasteiger partial charge < -0.3 is 4.42 Å². The highest BCUT2D eigenvalue weighted by molar-refractivity contribution is 5.49. The first kappa shape index (κ1) is 15.0. The van der Waals surface area contributed by atoms with E-state index in [2.05, 4.69) is 50.4 Å². The summed E-state index contributed by atoms with van der Waals surface area (Å²) in [5, 5.41) is 8.54. The molecule has 4 rings (SSSR count). The number of piperidine rings is 1. The van der Waals surface area contributed by atoms with Crippen molar-refractivity contribution in [2.45, 2.75) is 31.8 Å². The Bertz CT molecular complexity index is 772. The average molecular weight is 320 g/mol. The van der Waals surface area contributed by atoms with E-state index >= 15 is 0 Å². The van der Waals surface area contributed by atoms with Crippen molar-refractivity contribution < 1.29 is 4.42 Å². The Morgan fingerprint density at radius 3 is 2.79 bits per heavy atom. The molecule has 1 fully saturated rings. The Morgan fingerprint density at radius 2 is 1.96 bits per heavy atom. The molecule has 0 N–H and O–H groups in total. The van der Waals surface area contributed by atoms with Crippen molar-refractivity contribution >= 4 is 0 Å². The van der Waals surface area contributed by atoms with Crippen molar-refractivity contribution in [1.29, 1.82) is 0 Å². The lowest BCUT2D eigenvalue weighted by molar-refractivity contribution is 0.118. The fraction of sp³-hybridized carbons (Fsp3) is 0.316. The van der Waals surface area contributed by atoms with Gasteiger partial charge in [0.25, 0.3) is 0 Å². The molecular formula is C19H20N4O. The zero-order valence-electron chi connectivity index (χ0n) is 13.5. The van der Waals surface area contributed by atoms with Crippen LogP contribution in [-0.2, 0) is 6.54 Å². The van der Waals surface area contributed by atoms with Gasteiger partial charge in [-0.2, -0.15) is 0 Å². The predicted octanol–water partition coefficient (Wildman–Crippen LogP) is 3.86. The fourth-order valence-electron chi connectivity index (χ4n) is 3.25. The molecule has 1 aromatic carbocycles. The van der Waals surface area contributed by atoms with Gasteiger partial charge >= 0.3 is 0 Å². The SMILES string of the molecule is c1ccc(CN2CCCC[C@@H]2c2nnc(-c3cccnc3)o2)cc1. The lowest BCUT2D eigenvalue weighted by Gasteiger charge is -2.33. The maximum atomic E-state index is 5.97. The molecule has 5 heteroatoms. The number of hydrogen-bond acceptors (Lipinski definition) is 5. The van der Waals surface area contributed by atoms with Crippen molar-refractivity contribution in [3.8, 4) is 11.5 Å². The minimum Gasteiger partial charge on any atom is -0.419 e. The zero-order chi connectivity index (χ0) is 16.2. The van der Waals surface area contributed by atoms with Gasteiger partial charge in [-0.25, -0.2) is 0 Å². The van der Waals surface area contributed by atoms with Crippen LogP contribution >= 0.6 is 0 Å². The van der Waals surface area contributed by atoms with Crippen LogP contribution in [0.1, 0.15) is 36.8 Å². The normalized spacial score (nSPS) is 18.6. The number of aromatic nitrogens is 3. The maximum absolute atomic E-state index is 5.97. The van der Waals surface area contributed by atoms with Gasteiger partial charge in [-0.3, -0.25) is 9.88 Å². The second-order valence-corrected chi connectivity index (χ2v) is 6.15. The summed E-state index contributed by atoms with van der Waals surface area (Å²) in [6.45, 7) is 1.97. The third-order valence-corrected chi connectivity index (χ3v) is 4.48. The first-order chi connectivity index (χ1) is 11.9. The van der Waals surface area contributed by atoms with Gasteiger partial charge in [-0.1, -0.05) is 36.8 Å².